The van der Waals surface area contributed by atoms with Crippen LogP contribution in [0.3, 0.4) is 0 Å². The highest BCUT2D eigenvalue weighted by molar-refractivity contribution is 7.90. The van der Waals surface area contributed by atoms with E-state index in [0.717, 1.165) is 38.4 Å². The van der Waals surface area contributed by atoms with Crippen LogP contribution in [-0.2, 0) is 39.4 Å². The monoisotopic (exact) mass is 729 g/mol. The van der Waals surface area contributed by atoms with E-state index in [1.807, 2.05) is 0 Å². The fourth-order valence-corrected chi connectivity index (χ4v) is 8.02. The Morgan fingerprint density at radius 2 is 1.73 bits per heavy atom. The minimum absolute atomic E-state index is 0.00895. The first-order valence-electron chi connectivity index (χ1n) is 17.3. The highest BCUT2D eigenvalue weighted by Gasteiger charge is 2.49. The first-order valence-corrected chi connectivity index (χ1v) is 19.2. The lowest BCUT2D eigenvalue weighted by Gasteiger charge is -2.37. The minimum atomic E-state index is -3.50. The zero-order chi connectivity index (χ0) is 37.1. The Labute approximate surface area is 296 Å². The number of hydrogen-bond acceptors (Lipinski definition) is 11. The molecule has 1 aliphatic carbocycles. The lowest BCUT2D eigenvalue weighted by molar-refractivity contribution is -0.147. The van der Waals surface area contributed by atoms with Crippen molar-refractivity contribution in [2.75, 3.05) is 26.0 Å². The number of likely N-dealkylation sites (tertiary alicyclic amines) is 1. The molecule has 0 spiro atoms. The van der Waals surface area contributed by atoms with Gasteiger partial charge in [0.15, 0.2) is 9.84 Å². The second-order valence-corrected chi connectivity index (χ2v) is 16.5. The second-order valence-electron chi connectivity index (χ2n) is 14.5. The van der Waals surface area contributed by atoms with E-state index in [2.05, 4.69) is 20.9 Å². The molecule has 2 aromatic rings. The number of ether oxygens (including phenoxy) is 1. The number of nitrogens with zero attached hydrogens (tertiary/aromatic N) is 4. The normalized spacial score (nSPS) is 21.8. The summed E-state index contributed by atoms with van der Waals surface area (Å²) in [5, 5.41) is 24.6. The molecule has 3 fully saturated rings. The van der Waals surface area contributed by atoms with Gasteiger partial charge in [0.05, 0.1) is 22.8 Å². The molecule has 16 nitrogen and oxygen atoms in total. The van der Waals surface area contributed by atoms with Gasteiger partial charge < -0.3 is 31.1 Å². The van der Waals surface area contributed by atoms with Crippen molar-refractivity contribution in [3.05, 3.63) is 41.7 Å². The number of nitrogens with two attached hydrogens (primary N) is 1. The Morgan fingerprint density at radius 1 is 1.08 bits per heavy atom. The molecular formula is C34H47N7O9S. The number of hydrogen-bond donors (Lipinski definition) is 4. The van der Waals surface area contributed by atoms with Gasteiger partial charge in [-0.05, 0) is 50.5 Å². The molecule has 2 saturated heterocycles. The highest BCUT2D eigenvalue weighted by atomic mass is 32.2. The predicted octanol–water partition coefficient (Wildman–Crippen LogP) is 0.540. The Bertz CT molecular complexity index is 1740. The molecular weight excluding hydrogens is 682 g/mol. The highest BCUT2D eigenvalue weighted by Crippen LogP contribution is 2.34. The Morgan fingerprint density at radius 3 is 2.31 bits per heavy atom. The van der Waals surface area contributed by atoms with Gasteiger partial charge in [-0.3, -0.25) is 24.0 Å². The molecule has 2 aliphatic heterocycles. The van der Waals surface area contributed by atoms with Crippen LogP contribution in [-0.4, -0.2) is 106 Å². The predicted molar refractivity (Wildman–Crippen MR) is 182 cm³/mol. The summed E-state index contributed by atoms with van der Waals surface area (Å²) in [5.74, 6) is -3.84. The molecule has 51 heavy (non-hydrogen) atoms. The van der Waals surface area contributed by atoms with E-state index in [9.17, 15) is 37.5 Å². The van der Waals surface area contributed by atoms with Crippen LogP contribution < -0.4 is 16.4 Å². The number of primary amides is 1. The third-order valence-corrected chi connectivity index (χ3v) is 11.3. The molecule has 1 aromatic carbocycles. The number of aromatic nitrogens is 3. The molecule has 278 valence electrons. The molecule has 1 aromatic heterocycles. The molecule has 3 heterocycles. The fraction of sp³-hybridized carbons (Fsp3) is 0.618. The quantitative estimate of drug-likeness (QED) is 0.220. The van der Waals surface area contributed by atoms with Gasteiger partial charge in [0.1, 0.15) is 23.2 Å². The summed E-state index contributed by atoms with van der Waals surface area (Å²) in [6, 6.07) is 2.56. The summed E-state index contributed by atoms with van der Waals surface area (Å²) in [6.07, 6.45) is 7.58. The number of aliphatic hydroxyl groups is 1. The zero-order valence-corrected chi connectivity index (χ0v) is 30.0. The van der Waals surface area contributed by atoms with Gasteiger partial charge >= 0.3 is 0 Å². The summed E-state index contributed by atoms with van der Waals surface area (Å²) in [5.41, 5.74) is 2.93. The Kier molecular flexibility index (Phi) is 11.3. The lowest BCUT2D eigenvalue weighted by atomic mass is 9.84. The van der Waals surface area contributed by atoms with E-state index < -0.39 is 68.5 Å². The number of carbonyl (C=O) groups excluding carboxylic acids is 5. The SMILES string of the molecule is CC(C)(O)c1cnnn1[C@H]1C[C@@H](C(=O)NC2(C(=O)C(N)=O)CCOCC2)N(C(=O)C(CC2CCCCC2)NC(=O)c2ccc(S(C)(=O)=O)cc2)C1. The average molecular weight is 730 g/mol. The van der Waals surface area contributed by atoms with Crippen LogP contribution in [0, 0.1) is 5.92 Å². The lowest BCUT2D eigenvalue weighted by Crippen LogP contribution is -2.64. The third-order valence-electron chi connectivity index (χ3n) is 10.2. The number of ketones is 1. The average Bonchev–Trinajstić information content (AvgIpc) is 3.76. The van der Waals surface area contributed by atoms with Gasteiger partial charge in [-0.1, -0.05) is 37.3 Å². The Balaban J connectivity index is 1.48. The largest absolute Gasteiger partial charge is 0.384 e. The summed E-state index contributed by atoms with van der Waals surface area (Å²) < 4.78 is 30.8. The van der Waals surface area contributed by atoms with E-state index in [-0.39, 0.29) is 55.4 Å². The van der Waals surface area contributed by atoms with E-state index in [1.165, 1.54) is 40.0 Å². The molecule has 5 rings (SSSR count). The molecule has 5 N–H and O–H groups in total. The number of rotatable bonds is 12. The van der Waals surface area contributed by atoms with Gasteiger partial charge in [-0.15, -0.1) is 5.10 Å². The maximum atomic E-state index is 14.7. The first-order chi connectivity index (χ1) is 24.0. The van der Waals surface area contributed by atoms with Gasteiger partial charge in [0, 0.05) is 50.8 Å². The maximum absolute atomic E-state index is 14.7. The fourth-order valence-electron chi connectivity index (χ4n) is 7.39. The topological polar surface area (TPSA) is 233 Å². The van der Waals surface area contributed by atoms with Crippen LogP contribution in [0.15, 0.2) is 35.4 Å². The van der Waals surface area contributed by atoms with Crippen molar-refractivity contribution < 1.29 is 42.2 Å². The molecule has 3 aliphatic rings. The van der Waals surface area contributed by atoms with Crippen LogP contribution in [0.25, 0.3) is 0 Å². The van der Waals surface area contributed by atoms with Crippen LogP contribution >= 0.6 is 0 Å². The molecule has 1 saturated carbocycles. The van der Waals surface area contributed by atoms with Crippen molar-refractivity contribution in [1.82, 2.24) is 30.5 Å². The Hall–Kier alpha value is -4.22. The van der Waals surface area contributed by atoms with Crippen molar-refractivity contribution in [3.63, 3.8) is 0 Å². The van der Waals surface area contributed by atoms with Crippen LogP contribution in [0.5, 0.6) is 0 Å². The van der Waals surface area contributed by atoms with Crippen molar-refractivity contribution in [3.8, 4) is 0 Å². The van der Waals surface area contributed by atoms with E-state index in [1.54, 1.807) is 13.8 Å². The summed E-state index contributed by atoms with van der Waals surface area (Å²) in [7, 11) is -3.50. The van der Waals surface area contributed by atoms with Gasteiger partial charge in [-0.25, -0.2) is 13.1 Å². The number of benzene rings is 1. The van der Waals surface area contributed by atoms with Crippen molar-refractivity contribution in [1.29, 1.82) is 0 Å². The zero-order valence-electron chi connectivity index (χ0n) is 29.2. The second kappa shape index (κ2) is 15.2. The summed E-state index contributed by atoms with van der Waals surface area (Å²) >= 11 is 0. The molecule has 17 heteroatoms. The number of sulfone groups is 1. The number of carbonyl (C=O) groups is 5. The van der Waals surface area contributed by atoms with Crippen molar-refractivity contribution in [2.24, 2.45) is 11.7 Å². The summed E-state index contributed by atoms with van der Waals surface area (Å²) in [4.78, 5) is 69.1. The molecule has 3 atom stereocenters. The van der Waals surface area contributed by atoms with Crippen LogP contribution in [0.4, 0.5) is 0 Å². The van der Waals surface area contributed by atoms with E-state index in [0.29, 0.717) is 12.1 Å². The van der Waals surface area contributed by atoms with Gasteiger partial charge in [-0.2, -0.15) is 0 Å². The maximum Gasteiger partial charge on any atom is 0.287 e. The third kappa shape index (κ3) is 8.64. The molecule has 0 radical (unpaired) electrons. The summed E-state index contributed by atoms with van der Waals surface area (Å²) in [6.45, 7) is 3.29. The van der Waals surface area contributed by atoms with E-state index in [4.69, 9.17) is 10.5 Å². The standard InChI is InChI=1S/C34H47N7O9S/c1-33(2,47)27-19-36-39-41(27)23-18-26(31(45)38-34(28(42)29(35)43)13-15-50-16-14-34)40(20-23)32(46)25(17-21-7-5-4-6-8-21)37-30(44)22-9-11-24(12-10-22)51(3,48)49/h9-12,19,21,23,25-26,47H,4-8,13-18,20H2,1-3H3,(H2,35,43)(H,37,44)(H,38,45)/t23-,25?,26-/m0/s1. The van der Waals surface area contributed by atoms with Crippen LogP contribution in [0.1, 0.15) is 93.7 Å². The molecule has 1 unspecified atom stereocenters. The molecule has 4 amide bonds. The number of Topliss-reactive ketones (excluding diaryl/α,β-unsaturated/α-hetero) is 1. The smallest absolute Gasteiger partial charge is 0.287 e. The minimum Gasteiger partial charge on any atom is -0.384 e. The first kappa shape index (κ1) is 38.0. The van der Waals surface area contributed by atoms with Gasteiger partial charge in [0.2, 0.25) is 17.6 Å². The number of amides is 4. The van der Waals surface area contributed by atoms with Crippen molar-refractivity contribution >= 4 is 39.2 Å². The van der Waals surface area contributed by atoms with Crippen molar-refractivity contribution in [2.45, 2.75) is 106 Å². The van der Waals surface area contributed by atoms with Crippen LogP contribution in [0.2, 0.25) is 0 Å². The van der Waals surface area contributed by atoms with Gasteiger partial charge in [0.25, 0.3) is 11.8 Å². The van der Waals surface area contributed by atoms with E-state index >= 15 is 0 Å². The number of nitrogens with one attached hydrogen (secondary N) is 2. The molecule has 0 bridgehead atoms.